The van der Waals surface area contributed by atoms with Crippen molar-refractivity contribution in [3.63, 3.8) is 0 Å². The summed E-state index contributed by atoms with van der Waals surface area (Å²) in [4.78, 5) is 24.3. The molecule has 3 atom stereocenters. The third kappa shape index (κ3) is 6.86. The minimum Gasteiger partial charge on any atom is -0.356 e. The second kappa shape index (κ2) is 11.0. The van der Waals surface area contributed by atoms with E-state index < -0.39 is 0 Å². The molecule has 3 unspecified atom stereocenters. The zero-order valence-electron chi connectivity index (χ0n) is 15.7. The summed E-state index contributed by atoms with van der Waals surface area (Å²) in [5.74, 6) is 0.460. The smallest absolute Gasteiger partial charge is 0.222 e. The number of rotatable bonds is 11. The van der Waals surface area contributed by atoms with Gasteiger partial charge in [0.25, 0.3) is 0 Å². The van der Waals surface area contributed by atoms with Crippen LogP contribution >= 0.6 is 0 Å². The van der Waals surface area contributed by atoms with Crippen LogP contribution in [0, 0.1) is 11.8 Å². The fourth-order valence-corrected chi connectivity index (χ4v) is 3.13. The first-order valence-electron chi connectivity index (χ1n) is 9.32. The Bertz CT molecular complexity index is 498. The average molecular weight is 332 g/mol. The molecule has 0 aliphatic heterocycles. The van der Waals surface area contributed by atoms with Crippen molar-refractivity contribution in [2.75, 3.05) is 6.54 Å². The zero-order chi connectivity index (χ0) is 17.9. The van der Waals surface area contributed by atoms with Gasteiger partial charge in [0.2, 0.25) is 5.91 Å². The van der Waals surface area contributed by atoms with Gasteiger partial charge in [0.05, 0.1) is 0 Å². The fourth-order valence-electron chi connectivity index (χ4n) is 3.13. The summed E-state index contributed by atoms with van der Waals surface area (Å²) in [5.41, 5.74) is 1.28. The summed E-state index contributed by atoms with van der Waals surface area (Å²) in [5, 5.41) is 2.98. The van der Waals surface area contributed by atoms with E-state index in [-0.39, 0.29) is 23.5 Å². The summed E-state index contributed by atoms with van der Waals surface area (Å²) in [6, 6.07) is 10.4. The van der Waals surface area contributed by atoms with E-state index in [2.05, 4.69) is 31.3 Å². The van der Waals surface area contributed by atoms with Gasteiger partial charge >= 0.3 is 0 Å². The minimum absolute atomic E-state index is 0.0536. The molecule has 0 bridgehead atoms. The lowest BCUT2D eigenvalue weighted by molar-refractivity contribution is -0.126. The van der Waals surface area contributed by atoms with Crippen LogP contribution in [0.5, 0.6) is 0 Å². The third-order valence-corrected chi connectivity index (χ3v) is 4.82. The lowest BCUT2D eigenvalue weighted by atomic mass is 9.81. The number of unbranched alkanes of at least 4 members (excludes halogenated alkanes) is 1. The third-order valence-electron chi connectivity index (χ3n) is 4.82. The Labute approximate surface area is 147 Å². The van der Waals surface area contributed by atoms with Crippen molar-refractivity contribution in [3.05, 3.63) is 35.9 Å². The van der Waals surface area contributed by atoms with Gasteiger partial charge in [-0.2, -0.15) is 0 Å². The molecule has 0 fully saturated rings. The lowest BCUT2D eigenvalue weighted by Gasteiger charge is -2.23. The molecule has 0 saturated heterocycles. The van der Waals surface area contributed by atoms with Crippen LogP contribution in [0.1, 0.15) is 71.3 Å². The number of hydrogen-bond donors (Lipinski definition) is 1. The van der Waals surface area contributed by atoms with Gasteiger partial charge in [0.15, 0.2) is 0 Å². The van der Waals surface area contributed by atoms with E-state index in [9.17, 15) is 9.59 Å². The first kappa shape index (κ1) is 20.4. The fraction of sp³-hybridized carbons (Fsp3) is 0.619. The molecule has 3 heteroatoms. The predicted molar refractivity (Wildman–Crippen MR) is 100.0 cm³/mol. The van der Waals surface area contributed by atoms with E-state index >= 15 is 0 Å². The highest BCUT2D eigenvalue weighted by molar-refractivity contribution is 5.81. The zero-order valence-corrected chi connectivity index (χ0v) is 15.7. The van der Waals surface area contributed by atoms with Crippen molar-refractivity contribution in [2.24, 2.45) is 11.8 Å². The highest BCUT2D eigenvalue weighted by atomic mass is 16.2. The van der Waals surface area contributed by atoms with Crippen LogP contribution < -0.4 is 5.32 Å². The van der Waals surface area contributed by atoms with Crippen LogP contribution in [-0.2, 0) is 9.59 Å². The van der Waals surface area contributed by atoms with Crippen LogP contribution in [0.3, 0.4) is 0 Å². The van der Waals surface area contributed by atoms with Crippen LogP contribution in [0.4, 0.5) is 0 Å². The van der Waals surface area contributed by atoms with Crippen molar-refractivity contribution in [1.29, 1.82) is 0 Å². The number of ketones is 1. The summed E-state index contributed by atoms with van der Waals surface area (Å²) in [6.07, 6.45) is 4.53. The number of hydrogen-bond acceptors (Lipinski definition) is 2. The summed E-state index contributed by atoms with van der Waals surface area (Å²) < 4.78 is 0. The number of benzene rings is 1. The predicted octanol–water partition coefficient (Wildman–Crippen LogP) is 4.72. The van der Waals surface area contributed by atoms with Gasteiger partial charge in [-0.1, -0.05) is 57.5 Å². The topological polar surface area (TPSA) is 46.2 Å². The Morgan fingerprint density at radius 1 is 1.08 bits per heavy atom. The highest BCUT2D eigenvalue weighted by Gasteiger charge is 2.25. The molecule has 1 aromatic carbocycles. The molecule has 0 aliphatic rings. The molecule has 0 aliphatic carbocycles. The number of carbonyl (C=O) groups is 2. The van der Waals surface area contributed by atoms with E-state index in [1.807, 2.05) is 25.1 Å². The Hall–Kier alpha value is -1.64. The molecular formula is C21H33NO2. The van der Waals surface area contributed by atoms with Crippen molar-refractivity contribution >= 4 is 11.7 Å². The average Bonchev–Trinajstić information content (AvgIpc) is 2.59. The standard InChI is InChI=1S/C21H33NO2/c1-5-7-13-22-21(24)16(3)14-20(17(4)23)15-18(6-2)19-11-9-8-10-12-19/h8-12,16,18,20H,5-7,13-15H2,1-4H3,(H,22,24). The number of amides is 1. The van der Waals surface area contributed by atoms with Gasteiger partial charge in [-0.3, -0.25) is 9.59 Å². The number of nitrogens with one attached hydrogen (secondary N) is 1. The van der Waals surface area contributed by atoms with Gasteiger partial charge in [-0.25, -0.2) is 0 Å². The van der Waals surface area contributed by atoms with E-state index in [1.165, 1.54) is 5.56 Å². The van der Waals surface area contributed by atoms with E-state index in [4.69, 9.17) is 0 Å². The maximum absolute atomic E-state index is 12.2. The molecule has 134 valence electrons. The Kier molecular flexibility index (Phi) is 9.36. The molecule has 0 radical (unpaired) electrons. The molecule has 3 nitrogen and oxygen atoms in total. The van der Waals surface area contributed by atoms with E-state index in [1.54, 1.807) is 6.92 Å². The Morgan fingerprint density at radius 2 is 1.75 bits per heavy atom. The molecule has 1 N–H and O–H groups in total. The van der Waals surface area contributed by atoms with E-state index in [0.29, 0.717) is 12.3 Å². The first-order chi connectivity index (χ1) is 11.5. The first-order valence-corrected chi connectivity index (χ1v) is 9.32. The van der Waals surface area contributed by atoms with E-state index in [0.717, 1.165) is 32.2 Å². The molecular weight excluding hydrogens is 298 g/mol. The normalized spacial score (nSPS) is 14.7. The van der Waals surface area contributed by atoms with Crippen LogP contribution in [-0.4, -0.2) is 18.2 Å². The van der Waals surface area contributed by atoms with Crippen LogP contribution in [0.15, 0.2) is 30.3 Å². The second-order valence-corrected chi connectivity index (χ2v) is 6.84. The quantitative estimate of drug-likeness (QED) is 0.596. The molecule has 1 aromatic rings. The molecule has 0 saturated carbocycles. The van der Waals surface area contributed by atoms with Gasteiger partial charge in [-0.15, -0.1) is 0 Å². The lowest BCUT2D eigenvalue weighted by Crippen LogP contribution is -2.32. The Morgan fingerprint density at radius 3 is 2.29 bits per heavy atom. The van der Waals surface area contributed by atoms with Gasteiger partial charge in [0.1, 0.15) is 5.78 Å². The van der Waals surface area contributed by atoms with Crippen molar-refractivity contribution in [3.8, 4) is 0 Å². The molecule has 0 spiro atoms. The largest absolute Gasteiger partial charge is 0.356 e. The molecule has 24 heavy (non-hydrogen) atoms. The van der Waals surface area contributed by atoms with Gasteiger partial charge < -0.3 is 5.32 Å². The SMILES string of the molecule is CCCCNC(=O)C(C)CC(CC(CC)c1ccccc1)C(C)=O. The summed E-state index contributed by atoms with van der Waals surface area (Å²) in [6.45, 7) is 8.59. The maximum atomic E-state index is 12.2. The van der Waals surface area contributed by atoms with Crippen molar-refractivity contribution in [2.45, 2.75) is 65.7 Å². The number of Topliss-reactive ketones (excluding diaryl/α,β-unsaturated/α-hetero) is 1. The van der Waals surface area contributed by atoms with Gasteiger partial charge in [0, 0.05) is 18.4 Å². The maximum Gasteiger partial charge on any atom is 0.222 e. The Balaban J connectivity index is 2.66. The summed E-state index contributed by atoms with van der Waals surface area (Å²) >= 11 is 0. The molecule has 1 amide bonds. The highest BCUT2D eigenvalue weighted by Crippen LogP contribution is 2.30. The van der Waals surface area contributed by atoms with Crippen molar-refractivity contribution < 1.29 is 9.59 Å². The monoisotopic (exact) mass is 331 g/mol. The summed E-state index contributed by atoms with van der Waals surface area (Å²) in [7, 11) is 0. The van der Waals surface area contributed by atoms with Crippen LogP contribution in [0.2, 0.25) is 0 Å². The molecule has 1 rings (SSSR count). The molecule has 0 aromatic heterocycles. The van der Waals surface area contributed by atoms with Crippen LogP contribution in [0.25, 0.3) is 0 Å². The minimum atomic E-state index is -0.121. The molecule has 0 heterocycles. The number of carbonyl (C=O) groups excluding carboxylic acids is 2. The second-order valence-electron chi connectivity index (χ2n) is 6.84. The van der Waals surface area contributed by atoms with Crippen molar-refractivity contribution in [1.82, 2.24) is 5.32 Å². The van der Waals surface area contributed by atoms with Gasteiger partial charge in [-0.05, 0) is 44.1 Å².